The zero-order valence-electron chi connectivity index (χ0n) is 15.6. The van der Waals surface area contributed by atoms with Crippen LogP contribution in [0, 0.1) is 5.82 Å². The van der Waals surface area contributed by atoms with Crippen LogP contribution < -0.4 is 10.1 Å². The van der Waals surface area contributed by atoms with E-state index in [4.69, 9.17) is 4.74 Å². The molecule has 2 atom stereocenters. The smallest absolute Gasteiger partial charge is 0.410 e. The summed E-state index contributed by atoms with van der Waals surface area (Å²) in [6.45, 7) is 0.560. The molecule has 0 saturated carbocycles. The number of nitrogens with one attached hydrogen (secondary N) is 1. The highest BCUT2D eigenvalue weighted by Crippen LogP contribution is 2.20. The van der Waals surface area contributed by atoms with E-state index in [1.807, 2.05) is 30.3 Å². The largest absolute Gasteiger partial charge is 0.415 e. The van der Waals surface area contributed by atoms with E-state index in [1.165, 1.54) is 34.1 Å². The molecule has 2 saturated heterocycles. The molecule has 0 radical (unpaired) electrons. The minimum absolute atomic E-state index is 0.0512. The Hall–Kier alpha value is -3.42. The second kappa shape index (κ2) is 7.90. The molecule has 2 fully saturated rings. The van der Waals surface area contributed by atoms with E-state index in [0.717, 1.165) is 5.56 Å². The Balaban J connectivity index is 1.40. The lowest BCUT2D eigenvalue weighted by atomic mass is 9.99. The van der Waals surface area contributed by atoms with Crippen molar-refractivity contribution < 1.29 is 23.5 Å². The van der Waals surface area contributed by atoms with Crippen molar-refractivity contribution in [3.63, 3.8) is 0 Å². The molecule has 0 aromatic heterocycles. The highest BCUT2D eigenvalue weighted by molar-refractivity contribution is 5.97. The van der Waals surface area contributed by atoms with Gasteiger partial charge in [0.15, 0.2) is 0 Å². The zero-order chi connectivity index (χ0) is 20.4. The Bertz CT molecular complexity index is 919. The van der Waals surface area contributed by atoms with Crippen molar-refractivity contribution >= 4 is 17.9 Å². The van der Waals surface area contributed by atoms with E-state index in [2.05, 4.69) is 5.32 Å². The van der Waals surface area contributed by atoms with Crippen LogP contribution in [-0.4, -0.2) is 59.4 Å². The molecule has 4 rings (SSSR count). The van der Waals surface area contributed by atoms with Crippen molar-refractivity contribution in [2.45, 2.75) is 18.5 Å². The lowest BCUT2D eigenvalue weighted by Gasteiger charge is -2.44. The topological polar surface area (TPSA) is 79.0 Å². The fourth-order valence-electron chi connectivity index (χ4n) is 3.62. The van der Waals surface area contributed by atoms with Gasteiger partial charge in [0.1, 0.15) is 23.7 Å². The van der Waals surface area contributed by atoms with E-state index in [1.54, 1.807) is 0 Å². The summed E-state index contributed by atoms with van der Waals surface area (Å²) in [6, 6.07) is 13.2. The second-order valence-electron chi connectivity index (χ2n) is 7.07. The normalized spacial score (nSPS) is 21.4. The molecular weight excluding hydrogens is 377 g/mol. The number of amides is 3. The minimum Gasteiger partial charge on any atom is -0.410 e. The molecule has 0 bridgehead atoms. The molecule has 29 heavy (non-hydrogen) atoms. The van der Waals surface area contributed by atoms with Gasteiger partial charge < -0.3 is 19.9 Å². The number of hydrogen-bond donors (Lipinski definition) is 1. The lowest BCUT2D eigenvalue weighted by Crippen LogP contribution is -2.70. The number of rotatable bonds is 3. The van der Waals surface area contributed by atoms with Gasteiger partial charge in [0, 0.05) is 19.5 Å². The van der Waals surface area contributed by atoms with E-state index in [9.17, 15) is 18.8 Å². The van der Waals surface area contributed by atoms with Crippen LogP contribution in [0.3, 0.4) is 0 Å². The van der Waals surface area contributed by atoms with Gasteiger partial charge in [0.2, 0.25) is 11.8 Å². The predicted octanol–water partition coefficient (Wildman–Crippen LogP) is 1.58. The minimum atomic E-state index is -0.746. The molecule has 8 heteroatoms. The fraction of sp³-hybridized carbons (Fsp3) is 0.286. The molecule has 1 N–H and O–H groups in total. The van der Waals surface area contributed by atoms with Crippen LogP contribution in [0.1, 0.15) is 5.56 Å². The Labute approximate surface area is 167 Å². The van der Waals surface area contributed by atoms with Gasteiger partial charge in [0.05, 0.1) is 6.54 Å². The van der Waals surface area contributed by atoms with E-state index in [0.29, 0.717) is 6.42 Å². The first-order valence-corrected chi connectivity index (χ1v) is 9.38. The van der Waals surface area contributed by atoms with Crippen molar-refractivity contribution in [3.8, 4) is 5.75 Å². The first kappa shape index (κ1) is 18.9. The Morgan fingerprint density at radius 1 is 1.07 bits per heavy atom. The van der Waals surface area contributed by atoms with E-state index >= 15 is 0 Å². The average Bonchev–Trinajstić information content (AvgIpc) is 2.74. The van der Waals surface area contributed by atoms with Gasteiger partial charge in [0.25, 0.3) is 0 Å². The first-order chi connectivity index (χ1) is 14.0. The number of hydrogen-bond acceptors (Lipinski definition) is 4. The van der Waals surface area contributed by atoms with Crippen molar-refractivity contribution in [2.24, 2.45) is 0 Å². The summed E-state index contributed by atoms with van der Waals surface area (Å²) < 4.78 is 18.2. The molecule has 150 valence electrons. The van der Waals surface area contributed by atoms with Crippen LogP contribution in [0.4, 0.5) is 9.18 Å². The van der Waals surface area contributed by atoms with Crippen molar-refractivity contribution in [2.75, 3.05) is 19.6 Å². The number of halogens is 1. The van der Waals surface area contributed by atoms with Gasteiger partial charge in [-0.2, -0.15) is 0 Å². The number of fused-ring (bicyclic) bond motifs is 1. The SMILES string of the molecule is O=C1N[C@@H](Cc2ccccc2)C(=O)N2CCN(C(=O)Oc3ccc(F)cc3)C[C@H]12. The second-order valence-corrected chi connectivity index (χ2v) is 7.07. The maximum atomic E-state index is 13.0. The summed E-state index contributed by atoms with van der Waals surface area (Å²) in [7, 11) is 0. The van der Waals surface area contributed by atoms with Crippen LogP contribution in [0.25, 0.3) is 0 Å². The molecule has 2 aliphatic rings. The molecule has 2 aromatic carbocycles. The number of piperazine rings is 2. The van der Waals surface area contributed by atoms with Crippen LogP contribution in [0.15, 0.2) is 54.6 Å². The molecule has 2 heterocycles. The van der Waals surface area contributed by atoms with Crippen LogP contribution >= 0.6 is 0 Å². The van der Waals surface area contributed by atoms with Gasteiger partial charge in [-0.1, -0.05) is 30.3 Å². The van der Waals surface area contributed by atoms with Gasteiger partial charge in [-0.05, 0) is 29.8 Å². The van der Waals surface area contributed by atoms with Crippen molar-refractivity contribution in [3.05, 3.63) is 66.0 Å². The van der Waals surface area contributed by atoms with Gasteiger partial charge >= 0.3 is 6.09 Å². The van der Waals surface area contributed by atoms with Crippen LogP contribution in [0.2, 0.25) is 0 Å². The number of benzene rings is 2. The number of ether oxygens (including phenoxy) is 1. The predicted molar refractivity (Wildman–Crippen MR) is 102 cm³/mol. The van der Waals surface area contributed by atoms with Crippen LogP contribution in [-0.2, 0) is 16.0 Å². The highest BCUT2D eigenvalue weighted by atomic mass is 19.1. The molecule has 0 spiro atoms. The lowest BCUT2D eigenvalue weighted by molar-refractivity contribution is -0.152. The summed E-state index contributed by atoms with van der Waals surface area (Å²) in [5.74, 6) is -0.651. The van der Waals surface area contributed by atoms with E-state index in [-0.39, 0.29) is 37.2 Å². The standard InChI is InChI=1S/C21H20FN3O4/c22-15-6-8-16(9-7-15)29-21(28)24-10-11-25-18(13-24)19(26)23-17(20(25)27)12-14-4-2-1-3-5-14/h1-9,17-18H,10-13H2,(H,23,26)/t17-,18+/m0/s1. The van der Waals surface area contributed by atoms with Crippen molar-refractivity contribution in [1.82, 2.24) is 15.1 Å². The zero-order valence-corrected chi connectivity index (χ0v) is 15.6. The maximum absolute atomic E-state index is 13.0. The van der Waals surface area contributed by atoms with Crippen molar-refractivity contribution in [1.29, 1.82) is 0 Å². The molecular formula is C21H20FN3O4. The molecule has 0 aliphatic carbocycles. The summed E-state index contributed by atoms with van der Waals surface area (Å²) >= 11 is 0. The van der Waals surface area contributed by atoms with Gasteiger partial charge in [-0.3, -0.25) is 9.59 Å². The Morgan fingerprint density at radius 3 is 2.52 bits per heavy atom. The fourth-order valence-corrected chi connectivity index (χ4v) is 3.62. The summed E-state index contributed by atoms with van der Waals surface area (Å²) in [4.78, 5) is 40.8. The molecule has 3 amide bonds. The van der Waals surface area contributed by atoms with E-state index < -0.39 is 24.0 Å². The molecule has 2 aromatic rings. The molecule has 2 aliphatic heterocycles. The third-order valence-electron chi connectivity index (χ3n) is 5.14. The highest BCUT2D eigenvalue weighted by Gasteiger charge is 2.44. The van der Waals surface area contributed by atoms with Crippen LogP contribution in [0.5, 0.6) is 5.75 Å². The number of nitrogens with zero attached hydrogens (tertiary/aromatic N) is 2. The van der Waals surface area contributed by atoms with Gasteiger partial charge in [-0.15, -0.1) is 0 Å². The Kier molecular flexibility index (Phi) is 5.16. The first-order valence-electron chi connectivity index (χ1n) is 9.38. The quantitative estimate of drug-likeness (QED) is 0.853. The maximum Gasteiger partial charge on any atom is 0.415 e. The number of carbonyl (C=O) groups excluding carboxylic acids is 3. The molecule has 7 nitrogen and oxygen atoms in total. The summed E-state index contributed by atoms with van der Waals surface area (Å²) in [5, 5.41) is 2.78. The monoisotopic (exact) mass is 397 g/mol. The third kappa shape index (κ3) is 4.06. The number of carbonyl (C=O) groups is 3. The molecule has 0 unspecified atom stereocenters. The summed E-state index contributed by atoms with van der Waals surface area (Å²) in [6.07, 6.45) is -0.215. The Morgan fingerprint density at radius 2 is 1.79 bits per heavy atom. The third-order valence-corrected chi connectivity index (χ3v) is 5.14. The average molecular weight is 397 g/mol. The summed E-state index contributed by atoms with van der Waals surface area (Å²) in [5.41, 5.74) is 0.964. The van der Waals surface area contributed by atoms with Gasteiger partial charge in [-0.25, -0.2) is 9.18 Å².